The van der Waals surface area contributed by atoms with Gasteiger partial charge in [-0.25, -0.2) is 0 Å². The molecule has 4 heteroatoms. The van der Waals surface area contributed by atoms with Gasteiger partial charge in [0.05, 0.1) is 0 Å². The van der Waals surface area contributed by atoms with Crippen molar-refractivity contribution in [2.24, 2.45) is 0 Å². The summed E-state index contributed by atoms with van der Waals surface area (Å²) < 4.78 is 0. The maximum absolute atomic E-state index is 11.0. The zero-order valence-corrected chi connectivity index (χ0v) is 11.8. The zero-order chi connectivity index (χ0) is 13.7. The van der Waals surface area contributed by atoms with Crippen LogP contribution in [0.2, 0.25) is 0 Å². The zero-order valence-electron chi connectivity index (χ0n) is 11.8. The lowest BCUT2D eigenvalue weighted by atomic mass is 10.0. The number of carbonyl (C=O) groups is 1. The van der Waals surface area contributed by atoms with Crippen molar-refractivity contribution in [3.05, 3.63) is 24.3 Å². The number of rotatable bonds is 4. The predicted octanol–water partition coefficient (Wildman–Crippen LogP) is 2.54. The smallest absolute Gasteiger partial charge is 0.221 e. The van der Waals surface area contributed by atoms with E-state index in [1.165, 1.54) is 32.9 Å². The Morgan fingerprint density at radius 2 is 2.00 bits per heavy atom. The van der Waals surface area contributed by atoms with Crippen molar-refractivity contribution < 1.29 is 4.79 Å². The Morgan fingerprint density at radius 1 is 1.32 bits per heavy atom. The first-order valence-electron chi connectivity index (χ1n) is 7.04. The summed E-state index contributed by atoms with van der Waals surface area (Å²) in [5.41, 5.74) is 1.93. The number of piperidine rings is 1. The highest BCUT2D eigenvalue weighted by molar-refractivity contribution is 5.89. The molecule has 1 aromatic rings. The largest absolute Gasteiger partial charge is 0.382 e. The predicted molar refractivity (Wildman–Crippen MR) is 79.5 cm³/mol. The standard InChI is InChI=1S/C15H23N3O/c1-3-18-9-7-13(8-10-18)17-15-6-4-5-14(11-15)16-12(2)19/h4-6,11,13,17H,3,7-10H2,1-2H3,(H,16,19). The Labute approximate surface area is 115 Å². The molecule has 19 heavy (non-hydrogen) atoms. The van der Waals surface area contributed by atoms with Crippen LogP contribution in [0.5, 0.6) is 0 Å². The molecule has 2 rings (SSSR count). The highest BCUT2D eigenvalue weighted by Gasteiger charge is 2.17. The molecule has 0 saturated carbocycles. The fraction of sp³-hybridized carbons (Fsp3) is 0.533. The Kier molecular flexibility index (Phi) is 4.80. The van der Waals surface area contributed by atoms with Gasteiger partial charge in [0, 0.05) is 37.4 Å². The summed E-state index contributed by atoms with van der Waals surface area (Å²) in [6, 6.07) is 8.46. The first kappa shape index (κ1) is 13.9. The molecule has 4 nitrogen and oxygen atoms in total. The highest BCUT2D eigenvalue weighted by atomic mass is 16.1. The van der Waals surface area contributed by atoms with E-state index in [1.54, 1.807) is 0 Å². The number of nitrogens with zero attached hydrogens (tertiary/aromatic N) is 1. The molecule has 1 aliphatic heterocycles. The molecule has 0 spiro atoms. The van der Waals surface area contributed by atoms with E-state index in [4.69, 9.17) is 0 Å². The fourth-order valence-corrected chi connectivity index (χ4v) is 2.52. The van der Waals surface area contributed by atoms with E-state index >= 15 is 0 Å². The van der Waals surface area contributed by atoms with Crippen molar-refractivity contribution in [3.8, 4) is 0 Å². The first-order valence-corrected chi connectivity index (χ1v) is 7.04. The van der Waals surface area contributed by atoms with Crippen molar-refractivity contribution in [2.45, 2.75) is 32.7 Å². The molecular formula is C15H23N3O. The molecule has 0 unspecified atom stereocenters. The van der Waals surface area contributed by atoms with Gasteiger partial charge in [0.15, 0.2) is 0 Å². The molecule has 1 amide bonds. The number of hydrogen-bond acceptors (Lipinski definition) is 3. The number of hydrogen-bond donors (Lipinski definition) is 2. The molecule has 0 aliphatic carbocycles. The molecule has 1 aromatic carbocycles. The summed E-state index contributed by atoms with van der Waals surface area (Å²) >= 11 is 0. The minimum atomic E-state index is -0.0339. The molecule has 1 aliphatic rings. The van der Waals surface area contributed by atoms with Crippen molar-refractivity contribution in [2.75, 3.05) is 30.3 Å². The average Bonchev–Trinajstić information content (AvgIpc) is 2.39. The second-order valence-corrected chi connectivity index (χ2v) is 5.11. The van der Waals surface area contributed by atoms with E-state index in [0.717, 1.165) is 17.9 Å². The third-order valence-corrected chi connectivity index (χ3v) is 3.59. The van der Waals surface area contributed by atoms with Crippen molar-refractivity contribution in [1.82, 2.24) is 4.90 Å². The van der Waals surface area contributed by atoms with Gasteiger partial charge in [-0.3, -0.25) is 4.79 Å². The molecular weight excluding hydrogens is 238 g/mol. The summed E-state index contributed by atoms with van der Waals surface area (Å²) in [4.78, 5) is 13.5. The van der Waals surface area contributed by atoms with Crippen LogP contribution in [0.25, 0.3) is 0 Å². The van der Waals surface area contributed by atoms with Crippen LogP contribution >= 0.6 is 0 Å². The van der Waals surface area contributed by atoms with Gasteiger partial charge in [-0.1, -0.05) is 13.0 Å². The number of likely N-dealkylation sites (tertiary alicyclic amines) is 1. The van der Waals surface area contributed by atoms with Crippen LogP contribution in [0.15, 0.2) is 24.3 Å². The van der Waals surface area contributed by atoms with Gasteiger partial charge in [-0.15, -0.1) is 0 Å². The van der Waals surface area contributed by atoms with Gasteiger partial charge >= 0.3 is 0 Å². The van der Waals surface area contributed by atoms with E-state index in [-0.39, 0.29) is 5.91 Å². The van der Waals surface area contributed by atoms with Gasteiger partial charge in [-0.05, 0) is 37.6 Å². The molecule has 1 heterocycles. The second-order valence-electron chi connectivity index (χ2n) is 5.11. The average molecular weight is 261 g/mol. The van der Waals surface area contributed by atoms with Crippen LogP contribution in [-0.2, 0) is 4.79 Å². The summed E-state index contributed by atoms with van der Waals surface area (Å²) in [6.07, 6.45) is 2.36. The second kappa shape index (κ2) is 6.57. The molecule has 0 bridgehead atoms. The third kappa shape index (κ3) is 4.24. The number of anilines is 2. The lowest BCUT2D eigenvalue weighted by molar-refractivity contribution is -0.114. The van der Waals surface area contributed by atoms with Gasteiger partial charge < -0.3 is 15.5 Å². The Morgan fingerprint density at radius 3 is 2.63 bits per heavy atom. The van der Waals surface area contributed by atoms with Crippen LogP contribution in [0, 0.1) is 0 Å². The van der Waals surface area contributed by atoms with Crippen molar-refractivity contribution in [3.63, 3.8) is 0 Å². The monoisotopic (exact) mass is 261 g/mol. The molecule has 1 fully saturated rings. The van der Waals surface area contributed by atoms with Crippen LogP contribution in [0.1, 0.15) is 26.7 Å². The number of amides is 1. The summed E-state index contributed by atoms with van der Waals surface area (Å²) in [5, 5.41) is 6.37. The summed E-state index contributed by atoms with van der Waals surface area (Å²) in [6.45, 7) is 7.22. The Hall–Kier alpha value is -1.55. The molecule has 0 radical (unpaired) electrons. The van der Waals surface area contributed by atoms with Crippen LogP contribution in [-0.4, -0.2) is 36.5 Å². The third-order valence-electron chi connectivity index (χ3n) is 3.59. The molecule has 104 valence electrons. The molecule has 0 aromatic heterocycles. The fourth-order valence-electron chi connectivity index (χ4n) is 2.52. The van der Waals surface area contributed by atoms with Gasteiger partial charge in [0.1, 0.15) is 0 Å². The lowest BCUT2D eigenvalue weighted by Crippen LogP contribution is -2.38. The highest BCUT2D eigenvalue weighted by Crippen LogP contribution is 2.19. The van der Waals surface area contributed by atoms with E-state index in [9.17, 15) is 4.79 Å². The van der Waals surface area contributed by atoms with E-state index < -0.39 is 0 Å². The van der Waals surface area contributed by atoms with Crippen LogP contribution < -0.4 is 10.6 Å². The number of nitrogens with one attached hydrogen (secondary N) is 2. The minimum absolute atomic E-state index is 0.0339. The van der Waals surface area contributed by atoms with Crippen LogP contribution in [0.4, 0.5) is 11.4 Å². The van der Waals surface area contributed by atoms with Gasteiger partial charge in [0.25, 0.3) is 0 Å². The SMILES string of the molecule is CCN1CCC(Nc2cccc(NC(C)=O)c2)CC1. The topological polar surface area (TPSA) is 44.4 Å². The lowest BCUT2D eigenvalue weighted by Gasteiger charge is -2.32. The first-order chi connectivity index (χ1) is 9.17. The Bertz CT molecular complexity index is 425. The van der Waals surface area contributed by atoms with Gasteiger partial charge in [-0.2, -0.15) is 0 Å². The Balaban J connectivity index is 1.90. The summed E-state index contributed by atoms with van der Waals surface area (Å²) in [5.74, 6) is -0.0339. The van der Waals surface area contributed by atoms with E-state index in [1.807, 2.05) is 18.2 Å². The number of carbonyl (C=O) groups excluding carboxylic acids is 1. The van der Waals surface area contributed by atoms with Crippen molar-refractivity contribution in [1.29, 1.82) is 0 Å². The summed E-state index contributed by atoms with van der Waals surface area (Å²) in [7, 11) is 0. The minimum Gasteiger partial charge on any atom is -0.382 e. The van der Waals surface area contributed by atoms with E-state index in [2.05, 4.69) is 28.5 Å². The normalized spacial score (nSPS) is 17.2. The number of benzene rings is 1. The van der Waals surface area contributed by atoms with Crippen molar-refractivity contribution >= 4 is 17.3 Å². The quantitative estimate of drug-likeness (QED) is 0.875. The molecule has 0 atom stereocenters. The van der Waals surface area contributed by atoms with E-state index in [0.29, 0.717) is 6.04 Å². The molecule has 1 saturated heterocycles. The maximum Gasteiger partial charge on any atom is 0.221 e. The van der Waals surface area contributed by atoms with Crippen LogP contribution in [0.3, 0.4) is 0 Å². The van der Waals surface area contributed by atoms with Gasteiger partial charge in [0.2, 0.25) is 5.91 Å². The maximum atomic E-state index is 11.0. The molecule has 2 N–H and O–H groups in total.